The Bertz CT molecular complexity index is 1570. The molecule has 3 aromatic heterocycles. The van der Waals surface area contributed by atoms with Crippen LogP contribution in [0, 0.1) is 13.8 Å². The summed E-state index contributed by atoms with van der Waals surface area (Å²) in [5, 5.41) is 4.17. The van der Waals surface area contributed by atoms with Crippen molar-refractivity contribution in [3.8, 4) is 0 Å². The number of unbranched alkanes of at least 4 members (excludes halogenated alkanes) is 1. The van der Waals surface area contributed by atoms with Crippen LogP contribution in [0.4, 0.5) is 17.2 Å². The summed E-state index contributed by atoms with van der Waals surface area (Å²) < 4.78 is 11.1. The molecule has 0 bridgehead atoms. The van der Waals surface area contributed by atoms with E-state index in [9.17, 15) is 0 Å². The Hall–Kier alpha value is -3.78. The summed E-state index contributed by atoms with van der Waals surface area (Å²) in [4.78, 5) is 13.1. The fraction of sp³-hybridized carbons (Fsp3) is 0.300. The second-order valence-corrected chi connectivity index (χ2v) is 10.7. The molecule has 0 saturated carbocycles. The Morgan fingerprint density at radius 3 is 2.66 bits per heavy atom. The summed E-state index contributed by atoms with van der Waals surface area (Å²) >= 11 is 1.57. The van der Waals surface area contributed by atoms with E-state index >= 15 is 0 Å². The number of fused-ring (bicyclic) bond motifs is 2. The molecule has 38 heavy (non-hydrogen) atoms. The van der Waals surface area contributed by atoms with Crippen molar-refractivity contribution >= 4 is 40.3 Å². The van der Waals surface area contributed by atoms with Crippen molar-refractivity contribution in [3.05, 3.63) is 89.6 Å². The van der Waals surface area contributed by atoms with Gasteiger partial charge in [0.05, 0.1) is 16.1 Å². The number of hydrogen-bond donors (Lipinski definition) is 1. The highest BCUT2D eigenvalue weighted by Crippen LogP contribution is 2.45. The smallest absolute Gasteiger partial charge is 0.182 e. The van der Waals surface area contributed by atoms with Crippen molar-refractivity contribution in [2.75, 3.05) is 16.2 Å². The molecule has 6 rings (SSSR count). The molecule has 8 heteroatoms. The lowest BCUT2D eigenvalue weighted by atomic mass is 10.0. The number of rotatable bonds is 9. The highest BCUT2D eigenvalue weighted by atomic mass is 32.2. The maximum Gasteiger partial charge on any atom is 0.182 e. The Morgan fingerprint density at radius 1 is 1.03 bits per heavy atom. The Morgan fingerprint density at radius 2 is 1.84 bits per heavy atom. The first-order chi connectivity index (χ1) is 18.6. The lowest BCUT2D eigenvalue weighted by Gasteiger charge is -2.23. The van der Waals surface area contributed by atoms with Gasteiger partial charge in [0, 0.05) is 42.9 Å². The normalized spacial score (nSPS) is 14.8. The van der Waals surface area contributed by atoms with Crippen LogP contribution in [0.25, 0.3) is 11.2 Å². The molecular weight excluding hydrogens is 492 g/mol. The molecule has 0 spiro atoms. The number of nitrogens with one attached hydrogen (secondary N) is 1. The Balaban J connectivity index is 1.32. The molecule has 0 aliphatic carbocycles. The van der Waals surface area contributed by atoms with Crippen LogP contribution in [0.3, 0.4) is 0 Å². The average molecular weight is 525 g/mol. The minimum absolute atomic E-state index is 0.329. The van der Waals surface area contributed by atoms with E-state index in [-0.39, 0.29) is 0 Å². The number of pyridine rings is 1. The van der Waals surface area contributed by atoms with Gasteiger partial charge >= 0.3 is 0 Å². The van der Waals surface area contributed by atoms with Crippen molar-refractivity contribution in [2.24, 2.45) is 0 Å². The van der Waals surface area contributed by atoms with Crippen LogP contribution in [0.1, 0.15) is 48.4 Å². The van der Waals surface area contributed by atoms with E-state index in [1.54, 1.807) is 11.9 Å². The summed E-state index contributed by atoms with van der Waals surface area (Å²) in [6.07, 6.45) is 5.07. The zero-order chi connectivity index (χ0) is 26.1. The van der Waals surface area contributed by atoms with Gasteiger partial charge in [-0.3, -0.25) is 0 Å². The number of para-hydroxylation sites is 2. The third-order valence-electron chi connectivity index (χ3n) is 7.40. The number of anilines is 3. The first kappa shape index (κ1) is 24.6. The van der Waals surface area contributed by atoms with Gasteiger partial charge in [-0.15, -0.1) is 0 Å². The molecule has 7 nitrogen and oxygen atoms in total. The van der Waals surface area contributed by atoms with Gasteiger partial charge in [-0.1, -0.05) is 48.8 Å². The third kappa shape index (κ3) is 4.53. The van der Waals surface area contributed by atoms with Gasteiger partial charge in [0.15, 0.2) is 11.5 Å². The summed E-state index contributed by atoms with van der Waals surface area (Å²) in [6.45, 7) is 7.95. The van der Waals surface area contributed by atoms with Crippen molar-refractivity contribution in [3.63, 3.8) is 0 Å². The molecule has 2 aromatic carbocycles. The van der Waals surface area contributed by atoms with Crippen molar-refractivity contribution in [1.82, 2.24) is 19.7 Å². The van der Waals surface area contributed by atoms with Gasteiger partial charge in [-0.2, -0.15) is 0 Å². The zero-order valence-electron chi connectivity index (χ0n) is 22.0. The van der Waals surface area contributed by atoms with Gasteiger partial charge in [-0.25, -0.2) is 9.97 Å². The summed E-state index contributed by atoms with van der Waals surface area (Å²) in [5.74, 6) is 3.06. The van der Waals surface area contributed by atoms with E-state index in [2.05, 4.69) is 85.9 Å². The molecule has 0 fully saturated rings. The van der Waals surface area contributed by atoms with Crippen LogP contribution in [0.15, 0.2) is 76.3 Å². The van der Waals surface area contributed by atoms with Crippen molar-refractivity contribution in [2.45, 2.75) is 57.4 Å². The molecule has 1 aliphatic rings. The lowest BCUT2D eigenvalue weighted by molar-refractivity contribution is 0.399. The number of nitrogens with zero attached hydrogens (tertiary/aromatic N) is 5. The fourth-order valence-electron chi connectivity index (χ4n) is 5.22. The quantitative estimate of drug-likeness (QED) is 0.201. The van der Waals surface area contributed by atoms with Crippen LogP contribution in [0.5, 0.6) is 0 Å². The minimum Gasteiger partial charge on any atom is -0.359 e. The highest BCUT2D eigenvalue weighted by Gasteiger charge is 2.31. The molecule has 1 atom stereocenters. The average Bonchev–Trinajstić information content (AvgIpc) is 3.60. The third-order valence-corrected chi connectivity index (χ3v) is 8.26. The van der Waals surface area contributed by atoms with Crippen molar-refractivity contribution < 1.29 is 4.52 Å². The second-order valence-electron chi connectivity index (χ2n) is 9.84. The zero-order valence-corrected chi connectivity index (χ0v) is 22.8. The van der Waals surface area contributed by atoms with Crippen LogP contribution < -0.4 is 9.62 Å². The monoisotopic (exact) mass is 524 g/mol. The molecule has 194 valence electrons. The second kappa shape index (κ2) is 10.5. The van der Waals surface area contributed by atoms with E-state index in [4.69, 9.17) is 9.51 Å². The van der Waals surface area contributed by atoms with Gasteiger partial charge in [-0.05, 0) is 68.1 Å². The van der Waals surface area contributed by atoms with E-state index in [1.807, 2.05) is 26.1 Å². The highest BCUT2D eigenvalue weighted by molar-refractivity contribution is 8.00. The van der Waals surface area contributed by atoms with Crippen molar-refractivity contribution in [1.29, 1.82) is 0 Å². The molecule has 0 saturated heterocycles. The summed E-state index contributed by atoms with van der Waals surface area (Å²) in [7, 11) is 0. The first-order valence-electron chi connectivity index (χ1n) is 13.3. The molecule has 1 unspecified atom stereocenters. The maximum absolute atomic E-state index is 5.34. The molecule has 4 heterocycles. The topological polar surface area (TPSA) is 72.0 Å². The van der Waals surface area contributed by atoms with Gasteiger partial charge in [0.1, 0.15) is 11.6 Å². The molecule has 0 radical (unpaired) electrons. The van der Waals surface area contributed by atoms with Gasteiger partial charge in [0.25, 0.3) is 0 Å². The van der Waals surface area contributed by atoms with E-state index in [0.717, 1.165) is 71.4 Å². The standard InChI is InChI=1S/C30H32N6OS/c1-4-5-16-28-32-30-26(14-10-17-31-30)36(28)19-22-18-35(24-12-7-6-11-23(22)24)25-13-8-9-15-27(25)38-34-29-20(2)21(3)37-33-29/h6-15,17,22H,4-5,16,18-19H2,1-3H3,(H,33,34). The molecule has 0 amide bonds. The molecule has 1 N–H and O–H groups in total. The first-order valence-corrected chi connectivity index (χ1v) is 14.1. The van der Waals surface area contributed by atoms with Gasteiger partial charge < -0.3 is 18.7 Å². The number of aromatic nitrogens is 4. The largest absolute Gasteiger partial charge is 0.359 e. The van der Waals surface area contributed by atoms with Crippen LogP contribution in [-0.2, 0) is 13.0 Å². The van der Waals surface area contributed by atoms with Crippen LogP contribution in [0.2, 0.25) is 0 Å². The fourth-order valence-corrected chi connectivity index (χ4v) is 6.05. The van der Waals surface area contributed by atoms with E-state index in [0.29, 0.717) is 5.92 Å². The van der Waals surface area contributed by atoms with E-state index in [1.165, 1.54) is 16.9 Å². The molecular formula is C30H32N6OS. The van der Waals surface area contributed by atoms with Crippen LogP contribution in [-0.4, -0.2) is 26.2 Å². The number of hydrogen-bond acceptors (Lipinski definition) is 7. The van der Waals surface area contributed by atoms with Gasteiger partial charge in [0.2, 0.25) is 0 Å². The summed E-state index contributed by atoms with van der Waals surface area (Å²) in [5.41, 5.74) is 6.80. The Labute approximate surface area is 227 Å². The predicted octanol–water partition coefficient (Wildman–Crippen LogP) is 7.43. The maximum atomic E-state index is 5.34. The predicted molar refractivity (Wildman–Crippen MR) is 154 cm³/mol. The molecule has 5 aromatic rings. The van der Waals surface area contributed by atoms with Crippen LogP contribution >= 0.6 is 11.9 Å². The number of aryl methyl sites for hydroxylation is 2. The Kier molecular flexibility index (Phi) is 6.81. The number of imidazole rings is 1. The SMILES string of the molecule is CCCCc1nc2ncccc2n1CC1CN(c2ccccc2SNc2noc(C)c2C)c2ccccc21. The van der Waals surface area contributed by atoms with E-state index < -0.39 is 0 Å². The lowest BCUT2D eigenvalue weighted by Crippen LogP contribution is -2.20. The number of benzene rings is 2. The minimum atomic E-state index is 0.329. The molecule has 1 aliphatic heterocycles. The summed E-state index contributed by atoms with van der Waals surface area (Å²) in [6, 6.07) is 21.5.